The molecular formula is C30H43N3O3. The van der Waals surface area contributed by atoms with Crippen molar-refractivity contribution >= 4 is 17.4 Å². The number of aromatic nitrogens is 1. The Kier molecular flexibility index (Phi) is 9.66. The molecular weight excluding hydrogens is 450 g/mol. The van der Waals surface area contributed by atoms with Crippen LogP contribution in [0.3, 0.4) is 0 Å². The van der Waals surface area contributed by atoms with Gasteiger partial charge < -0.3 is 14.6 Å². The number of nitrogens with zero attached hydrogens (tertiary/aromatic N) is 2. The van der Waals surface area contributed by atoms with Crippen LogP contribution >= 0.6 is 0 Å². The van der Waals surface area contributed by atoms with Gasteiger partial charge >= 0.3 is 5.97 Å². The molecule has 2 aromatic rings. The maximum absolute atomic E-state index is 12.9. The lowest BCUT2D eigenvalue weighted by atomic mass is 9.99. The van der Waals surface area contributed by atoms with Gasteiger partial charge in [0.1, 0.15) is 12.1 Å². The highest BCUT2D eigenvalue weighted by molar-refractivity contribution is 6.03. The van der Waals surface area contributed by atoms with Crippen molar-refractivity contribution in [3.8, 4) is 0 Å². The van der Waals surface area contributed by atoms with E-state index in [4.69, 9.17) is 9.73 Å². The summed E-state index contributed by atoms with van der Waals surface area (Å²) in [4.78, 5) is 30.2. The minimum atomic E-state index is -0.321. The topological polar surface area (TPSA) is 72.7 Å². The zero-order valence-corrected chi connectivity index (χ0v) is 23.1. The lowest BCUT2D eigenvalue weighted by Crippen LogP contribution is -2.40. The third-order valence-corrected chi connectivity index (χ3v) is 6.85. The quantitative estimate of drug-likeness (QED) is 0.337. The Balaban J connectivity index is 1.82. The van der Waals surface area contributed by atoms with Crippen molar-refractivity contribution in [1.82, 2.24) is 9.88 Å². The third-order valence-electron chi connectivity index (χ3n) is 6.85. The summed E-state index contributed by atoms with van der Waals surface area (Å²) in [6.45, 7) is 13.0. The van der Waals surface area contributed by atoms with Crippen LogP contribution in [0.5, 0.6) is 0 Å². The summed E-state index contributed by atoms with van der Waals surface area (Å²) >= 11 is 0. The van der Waals surface area contributed by atoms with Crippen molar-refractivity contribution in [2.45, 2.75) is 92.3 Å². The summed E-state index contributed by atoms with van der Waals surface area (Å²) in [5, 5.41) is 3.46. The van der Waals surface area contributed by atoms with Gasteiger partial charge in [0.25, 0.3) is 5.56 Å². The Bertz CT molecular complexity index is 1110. The number of hydrogen-bond donors (Lipinski definition) is 1. The number of benzene rings is 1. The van der Waals surface area contributed by atoms with Gasteiger partial charge in [-0.05, 0) is 81.0 Å². The second-order valence-corrected chi connectivity index (χ2v) is 11.0. The van der Waals surface area contributed by atoms with Crippen LogP contribution in [0.15, 0.2) is 40.2 Å². The molecule has 1 atom stereocenters. The molecule has 0 aliphatic heterocycles. The van der Waals surface area contributed by atoms with Crippen LogP contribution < -0.4 is 10.9 Å². The van der Waals surface area contributed by atoms with E-state index in [1.54, 1.807) is 11.6 Å². The van der Waals surface area contributed by atoms with Crippen LogP contribution in [0.25, 0.3) is 0 Å². The van der Waals surface area contributed by atoms with Crippen LogP contribution in [0, 0.1) is 25.7 Å². The first-order valence-corrected chi connectivity index (χ1v) is 13.3. The second-order valence-electron chi connectivity index (χ2n) is 11.0. The number of aliphatic imine (C=N–C) groups is 1. The van der Waals surface area contributed by atoms with Gasteiger partial charge in [0, 0.05) is 30.9 Å². The summed E-state index contributed by atoms with van der Waals surface area (Å²) in [5.41, 5.74) is 5.67. The van der Waals surface area contributed by atoms with E-state index in [0.29, 0.717) is 18.0 Å². The summed E-state index contributed by atoms with van der Waals surface area (Å²) in [6, 6.07) is 7.86. The smallest absolute Gasteiger partial charge is 0.323 e. The van der Waals surface area contributed by atoms with E-state index >= 15 is 0 Å². The molecule has 1 saturated carbocycles. The van der Waals surface area contributed by atoms with Gasteiger partial charge in [0.2, 0.25) is 0 Å². The van der Waals surface area contributed by atoms with E-state index in [-0.39, 0.29) is 29.6 Å². The number of pyridine rings is 1. The van der Waals surface area contributed by atoms with Gasteiger partial charge in [-0.15, -0.1) is 0 Å². The number of rotatable bonds is 10. The Morgan fingerprint density at radius 2 is 1.81 bits per heavy atom. The molecule has 1 heterocycles. The predicted octanol–water partition coefficient (Wildman–Crippen LogP) is 5.77. The van der Waals surface area contributed by atoms with Gasteiger partial charge in [-0.1, -0.05) is 39.8 Å². The van der Waals surface area contributed by atoms with Gasteiger partial charge in [0.15, 0.2) is 0 Å². The molecule has 1 aromatic heterocycles. The molecule has 6 heteroatoms. The van der Waals surface area contributed by atoms with E-state index in [2.05, 4.69) is 58.1 Å². The average Bonchev–Trinajstić information content (AvgIpc) is 3.32. The molecule has 1 aliphatic carbocycles. The first-order chi connectivity index (χ1) is 17.0. The molecule has 1 unspecified atom stereocenters. The van der Waals surface area contributed by atoms with Gasteiger partial charge in [0.05, 0.1) is 11.4 Å². The summed E-state index contributed by atoms with van der Waals surface area (Å²) in [7, 11) is 1.78. The fourth-order valence-electron chi connectivity index (χ4n) is 4.79. The lowest BCUT2D eigenvalue weighted by Gasteiger charge is -2.22. The fourth-order valence-corrected chi connectivity index (χ4v) is 4.79. The first-order valence-electron chi connectivity index (χ1n) is 13.3. The molecule has 36 heavy (non-hydrogen) atoms. The number of nitrogens with one attached hydrogen (secondary N) is 1. The van der Waals surface area contributed by atoms with Crippen LogP contribution in [-0.4, -0.2) is 28.4 Å². The fraction of sp³-hybridized carbons (Fsp3) is 0.567. The number of ether oxygens (including phenoxy) is 1. The Morgan fingerprint density at radius 3 is 2.42 bits per heavy atom. The lowest BCUT2D eigenvalue weighted by molar-refractivity contribution is -0.151. The molecule has 3 rings (SSSR count). The summed E-state index contributed by atoms with van der Waals surface area (Å²) in [5.74, 6) is 0.438. The van der Waals surface area contributed by atoms with Crippen molar-refractivity contribution in [3.05, 3.63) is 63.1 Å². The molecule has 0 amide bonds. The van der Waals surface area contributed by atoms with E-state index in [9.17, 15) is 9.59 Å². The Hall–Kier alpha value is -2.73. The molecule has 6 nitrogen and oxygen atoms in total. The van der Waals surface area contributed by atoms with Gasteiger partial charge in [-0.2, -0.15) is 0 Å². The van der Waals surface area contributed by atoms with Crippen LogP contribution in [-0.2, 0) is 23.1 Å². The maximum atomic E-state index is 12.9. The second kappa shape index (κ2) is 12.5. The van der Waals surface area contributed by atoms with Crippen molar-refractivity contribution in [1.29, 1.82) is 0 Å². The highest BCUT2D eigenvalue weighted by atomic mass is 16.5. The van der Waals surface area contributed by atoms with Crippen LogP contribution in [0.1, 0.15) is 82.1 Å². The van der Waals surface area contributed by atoms with E-state index in [1.165, 1.54) is 0 Å². The number of aryl methyl sites for hydroxylation is 3. The normalized spacial score (nSPS) is 15.6. The third kappa shape index (κ3) is 7.39. The van der Waals surface area contributed by atoms with Crippen molar-refractivity contribution < 1.29 is 9.53 Å². The minimum absolute atomic E-state index is 0.00789. The minimum Gasteiger partial charge on any atom is -0.461 e. The van der Waals surface area contributed by atoms with E-state index in [0.717, 1.165) is 60.2 Å². The standard InChI is InChI=1S/C30H43N3O3/c1-19(2)14-27(30(35)36-25-10-8-9-11-25)31-17-23-13-12-21(5)26(16-23)32-28(20(3)4)24-15-22(6)29(34)33(7)18-24/h12-13,15-16,18-20,25,27,31H,8-11,14,17H2,1-7H3/b32-28+. The number of carbonyl (C=O) groups is 1. The molecule has 0 spiro atoms. The van der Waals surface area contributed by atoms with Crippen molar-refractivity contribution in [2.24, 2.45) is 23.9 Å². The molecule has 1 N–H and O–H groups in total. The SMILES string of the molecule is Cc1ccc(CNC(CC(C)C)C(=O)OC2CCCC2)cc1/N=C(/c1cc(C)c(=O)n(C)c1)C(C)C. The van der Waals surface area contributed by atoms with Crippen LogP contribution in [0.2, 0.25) is 0 Å². The average molecular weight is 494 g/mol. The van der Waals surface area contributed by atoms with Crippen LogP contribution in [0.4, 0.5) is 5.69 Å². The van der Waals surface area contributed by atoms with Gasteiger partial charge in [-0.25, -0.2) is 0 Å². The zero-order valence-electron chi connectivity index (χ0n) is 23.1. The summed E-state index contributed by atoms with van der Waals surface area (Å²) in [6.07, 6.45) is 6.92. The molecule has 1 aliphatic rings. The molecule has 0 saturated heterocycles. The molecule has 0 radical (unpaired) electrons. The monoisotopic (exact) mass is 493 g/mol. The molecule has 196 valence electrons. The van der Waals surface area contributed by atoms with Gasteiger partial charge in [-0.3, -0.25) is 14.6 Å². The largest absolute Gasteiger partial charge is 0.461 e. The number of hydrogen-bond acceptors (Lipinski definition) is 5. The molecule has 1 aromatic carbocycles. The molecule has 0 bridgehead atoms. The first kappa shape index (κ1) is 27.9. The number of esters is 1. The number of carbonyl (C=O) groups excluding carboxylic acids is 1. The predicted molar refractivity (Wildman–Crippen MR) is 147 cm³/mol. The van der Waals surface area contributed by atoms with Crippen molar-refractivity contribution in [3.63, 3.8) is 0 Å². The molecule has 1 fully saturated rings. The summed E-state index contributed by atoms with van der Waals surface area (Å²) < 4.78 is 7.43. The Labute approximate surface area is 216 Å². The van der Waals surface area contributed by atoms with Crippen molar-refractivity contribution in [2.75, 3.05) is 0 Å². The Morgan fingerprint density at radius 1 is 1.11 bits per heavy atom. The van der Waals surface area contributed by atoms with E-state index in [1.807, 2.05) is 19.2 Å². The van der Waals surface area contributed by atoms with E-state index < -0.39 is 0 Å². The maximum Gasteiger partial charge on any atom is 0.323 e. The highest BCUT2D eigenvalue weighted by Crippen LogP contribution is 2.25. The highest BCUT2D eigenvalue weighted by Gasteiger charge is 2.26. The zero-order chi connectivity index (χ0) is 26.4.